The lowest BCUT2D eigenvalue weighted by Crippen LogP contribution is -2.13. The Morgan fingerprint density at radius 1 is 1.11 bits per heavy atom. The molecule has 2 aromatic rings. The summed E-state index contributed by atoms with van der Waals surface area (Å²) in [7, 11) is 3.21. The number of hydrogen-bond donors (Lipinski definition) is 1. The zero-order valence-electron chi connectivity index (χ0n) is 12.1. The summed E-state index contributed by atoms with van der Waals surface area (Å²) in [6, 6.07) is 5.74. The summed E-state index contributed by atoms with van der Waals surface area (Å²) in [6.45, 7) is 6.37. The third-order valence-corrected chi connectivity index (χ3v) is 3.12. The highest BCUT2D eigenvalue weighted by Crippen LogP contribution is 2.39. The maximum absolute atomic E-state index is 6.07. The van der Waals surface area contributed by atoms with E-state index in [0.29, 0.717) is 17.2 Å². The van der Waals surface area contributed by atoms with Crippen LogP contribution in [0.2, 0.25) is 0 Å². The number of anilines is 1. The smallest absolute Gasteiger partial charge is 0.170 e. The van der Waals surface area contributed by atoms with E-state index in [1.54, 1.807) is 20.3 Å². The normalized spacial score (nSPS) is 11.6. The fraction of sp³-hybridized carbons (Fsp3) is 0.400. The van der Waals surface area contributed by atoms with Gasteiger partial charge in [0.05, 0.1) is 25.4 Å². The number of pyridine rings is 1. The van der Waals surface area contributed by atoms with Crippen LogP contribution in [-0.4, -0.2) is 19.2 Å². The van der Waals surface area contributed by atoms with E-state index >= 15 is 0 Å². The lowest BCUT2D eigenvalue weighted by atomic mass is 9.91. The molecule has 0 spiro atoms. The minimum absolute atomic E-state index is 0.0200. The van der Waals surface area contributed by atoms with Crippen LogP contribution in [-0.2, 0) is 5.41 Å². The van der Waals surface area contributed by atoms with E-state index in [9.17, 15) is 0 Å². The average Bonchev–Trinajstić information content (AvgIpc) is 2.37. The Kier molecular flexibility index (Phi) is 3.27. The van der Waals surface area contributed by atoms with E-state index in [1.165, 1.54) is 0 Å². The number of aromatic nitrogens is 1. The first kappa shape index (κ1) is 13.5. The van der Waals surface area contributed by atoms with Crippen molar-refractivity contribution in [1.82, 2.24) is 4.98 Å². The molecule has 1 heterocycles. The van der Waals surface area contributed by atoms with Gasteiger partial charge in [0.1, 0.15) is 0 Å². The minimum Gasteiger partial charge on any atom is -0.493 e. The highest BCUT2D eigenvalue weighted by atomic mass is 16.5. The molecule has 0 saturated heterocycles. The molecule has 4 heteroatoms. The standard InChI is InChI=1S/C15H20N2O2/c1-15(2,3)12-7-6-9-13(17-12)10(16)8-11(18-4)14(9)19-5/h6-8H,16H2,1-5H3. The predicted octanol–water partition coefficient (Wildman–Crippen LogP) is 3.13. The molecule has 102 valence electrons. The van der Waals surface area contributed by atoms with Crippen molar-refractivity contribution in [3.8, 4) is 11.5 Å². The second-order valence-corrected chi connectivity index (χ2v) is 5.54. The molecule has 2 N–H and O–H groups in total. The Morgan fingerprint density at radius 3 is 2.32 bits per heavy atom. The van der Waals surface area contributed by atoms with E-state index in [4.69, 9.17) is 15.2 Å². The van der Waals surface area contributed by atoms with Crippen LogP contribution < -0.4 is 15.2 Å². The molecule has 0 fully saturated rings. The van der Waals surface area contributed by atoms with Crippen LogP contribution in [0.5, 0.6) is 11.5 Å². The summed E-state index contributed by atoms with van der Waals surface area (Å²) in [4.78, 5) is 4.67. The molecule has 0 bridgehead atoms. The lowest BCUT2D eigenvalue weighted by molar-refractivity contribution is 0.358. The molecule has 0 unspecified atom stereocenters. The molecule has 0 radical (unpaired) electrons. The highest BCUT2D eigenvalue weighted by Gasteiger charge is 2.19. The SMILES string of the molecule is COc1cc(N)c2nc(C(C)(C)C)ccc2c1OC. The molecular formula is C15H20N2O2. The van der Waals surface area contributed by atoms with Gasteiger partial charge in [0.2, 0.25) is 0 Å². The minimum atomic E-state index is -0.0200. The average molecular weight is 260 g/mol. The van der Waals surface area contributed by atoms with E-state index in [2.05, 4.69) is 25.8 Å². The van der Waals surface area contributed by atoms with Gasteiger partial charge in [-0.25, -0.2) is 4.98 Å². The quantitative estimate of drug-likeness (QED) is 0.843. The molecule has 1 aromatic carbocycles. The predicted molar refractivity (Wildman–Crippen MR) is 78.0 cm³/mol. The number of rotatable bonds is 2. The topological polar surface area (TPSA) is 57.4 Å². The number of fused-ring (bicyclic) bond motifs is 1. The van der Waals surface area contributed by atoms with Crippen molar-refractivity contribution in [3.05, 3.63) is 23.9 Å². The van der Waals surface area contributed by atoms with Crippen molar-refractivity contribution in [2.24, 2.45) is 0 Å². The molecule has 19 heavy (non-hydrogen) atoms. The van der Waals surface area contributed by atoms with Crippen molar-refractivity contribution < 1.29 is 9.47 Å². The van der Waals surface area contributed by atoms with Crippen LogP contribution in [0.15, 0.2) is 18.2 Å². The Labute approximate surface area is 113 Å². The summed E-state index contributed by atoms with van der Waals surface area (Å²) in [5.41, 5.74) is 8.40. The van der Waals surface area contributed by atoms with Crippen molar-refractivity contribution in [2.75, 3.05) is 20.0 Å². The highest BCUT2D eigenvalue weighted by molar-refractivity contribution is 5.96. The summed E-state index contributed by atoms with van der Waals surface area (Å²) in [6.07, 6.45) is 0. The molecule has 0 aliphatic rings. The van der Waals surface area contributed by atoms with E-state index in [1.807, 2.05) is 12.1 Å². The van der Waals surface area contributed by atoms with Crippen molar-refractivity contribution in [1.29, 1.82) is 0 Å². The zero-order chi connectivity index (χ0) is 14.2. The van der Waals surface area contributed by atoms with Gasteiger partial charge in [-0.15, -0.1) is 0 Å². The summed E-state index contributed by atoms with van der Waals surface area (Å²) < 4.78 is 10.7. The first-order valence-corrected chi connectivity index (χ1v) is 6.20. The van der Waals surface area contributed by atoms with E-state index in [0.717, 1.165) is 16.6 Å². The van der Waals surface area contributed by atoms with Crippen LogP contribution in [0, 0.1) is 0 Å². The first-order chi connectivity index (χ1) is 8.88. The van der Waals surface area contributed by atoms with Crippen LogP contribution in [0.4, 0.5) is 5.69 Å². The summed E-state index contributed by atoms with van der Waals surface area (Å²) in [5.74, 6) is 1.29. The second-order valence-electron chi connectivity index (χ2n) is 5.54. The Balaban J connectivity index is 2.78. The number of nitrogens with two attached hydrogens (primary N) is 1. The molecule has 0 saturated carbocycles. The fourth-order valence-electron chi connectivity index (χ4n) is 2.05. The van der Waals surface area contributed by atoms with Gasteiger partial charge in [0, 0.05) is 22.6 Å². The molecule has 2 rings (SSSR count). The maximum atomic E-state index is 6.07. The Morgan fingerprint density at radius 2 is 1.79 bits per heavy atom. The van der Waals surface area contributed by atoms with Crippen LogP contribution in [0.1, 0.15) is 26.5 Å². The molecular weight excluding hydrogens is 240 g/mol. The summed E-state index contributed by atoms with van der Waals surface area (Å²) in [5, 5.41) is 0.868. The van der Waals surface area contributed by atoms with Gasteiger partial charge in [0.15, 0.2) is 11.5 Å². The molecule has 1 aromatic heterocycles. The first-order valence-electron chi connectivity index (χ1n) is 6.20. The molecule has 0 amide bonds. The molecule has 4 nitrogen and oxygen atoms in total. The van der Waals surface area contributed by atoms with Crippen LogP contribution >= 0.6 is 0 Å². The van der Waals surface area contributed by atoms with Gasteiger partial charge in [0.25, 0.3) is 0 Å². The largest absolute Gasteiger partial charge is 0.493 e. The van der Waals surface area contributed by atoms with Gasteiger partial charge in [-0.3, -0.25) is 0 Å². The van der Waals surface area contributed by atoms with Crippen molar-refractivity contribution >= 4 is 16.6 Å². The maximum Gasteiger partial charge on any atom is 0.170 e. The number of benzene rings is 1. The zero-order valence-corrected chi connectivity index (χ0v) is 12.1. The molecule has 0 aliphatic carbocycles. The van der Waals surface area contributed by atoms with Gasteiger partial charge in [-0.1, -0.05) is 20.8 Å². The second kappa shape index (κ2) is 4.61. The van der Waals surface area contributed by atoms with Gasteiger partial charge in [-0.2, -0.15) is 0 Å². The molecule has 0 atom stereocenters. The third kappa shape index (κ3) is 2.30. The van der Waals surface area contributed by atoms with E-state index < -0.39 is 0 Å². The van der Waals surface area contributed by atoms with Crippen LogP contribution in [0.25, 0.3) is 10.9 Å². The molecule has 0 aliphatic heterocycles. The van der Waals surface area contributed by atoms with Gasteiger partial charge in [-0.05, 0) is 12.1 Å². The third-order valence-electron chi connectivity index (χ3n) is 3.12. The summed E-state index contributed by atoms with van der Waals surface area (Å²) >= 11 is 0. The fourth-order valence-corrected chi connectivity index (χ4v) is 2.05. The number of nitrogen functional groups attached to an aromatic ring is 1. The van der Waals surface area contributed by atoms with Gasteiger partial charge >= 0.3 is 0 Å². The van der Waals surface area contributed by atoms with Crippen molar-refractivity contribution in [3.63, 3.8) is 0 Å². The number of methoxy groups -OCH3 is 2. The van der Waals surface area contributed by atoms with Crippen LogP contribution in [0.3, 0.4) is 0 Å². The van der Waals surface area contributed by atoms with Crippen molar-refractivity contribution in [2.45, 2.75) is 26.2 Å². The monoisotopic (exact) mass is 260 g/mol. The van der Waals surface area contributed by atoms with Gasteiger partial charge < -0.3 is 15.2 Å². The Hall–Kier alpha value is -1.97. The Bertz CT molecular complexity index is 616. The van der Waals surface area contributed by atoms with E-state index in [-0.39, 0.29) is 5.41 Å². The number of hydrogen-bond acceptors (Lipinski definition) is 4. The number of nitrogens with zero attached hydrogens (tertiary/aromatic N) is 1. The number of ether oxygens (including phenoxy) is 2. The lowest BCUT2D eigenvalue weighted by Gasteiger charge is -2.19.